The van der Waals surface area contributed by atoms with Gasteiger partial charge in [-0.25, -0.2) is 4.79 Å². The number of halogens is 3. The molecule has 0 fully saturated rings. The van der Waals surface area contributed by atoms with Gasteiger partial charge in [-0.2, -0.15) is 0 Å². The molecule has 3 aromatic rings. The van der Waals surface area contributed by atoms with Crippen LogP contribution in [0, 0.1) is 6.92 Å². The number of methoxy groups -OCH3 is 1. The maximum absolute atomic E-state index is 12.8. The zero-order valence-corrected chi connectivity index (χ0v) is 19.5. The Kier molecular flexibility index (Phi) is 8.52. The Bertz CT molecular complexity index is 1150. The zero-order valence-electron chi connectivity index (χ0n) is 19.5. The minimum absolute atomic E-state index is 0.307. The van der Waals surface area contributed by atoms with Crippen LogP contribution in [0.15, 0.2) is 72.8 Å². The molecule has 0 spiro atoms. The Balaban J connectivity index is 1.81. The van der Waals surface area contributed by atoms with Gasteiger partial charge in [0.25, 0.3) is 0 Å². The number of aryl methyl sites for hydroxylation is 2. The number of rotatable bonds is 8. The van der Waals surface area contributed by atoms with Crippen LogP contribution in [-0.4, -0.2) is 31.9 Å². The number of esters is 1. The van der Waals surface area contributed by atoms with Gasteiger partial charge in [-0.05, 0) is 72.7 Å². The van der Waals surface area contributed by atoms with Crippen LogP contribution in [-0.2, 0) is 20.7 Å². The number of nitrogens with zero attached hydrogens (tertiary/aromatic N) is 1. The standard InChI is InChI=1S/C27H26F3NO4/c1-19-11-14-22(18-24(19)21-12-15-23(16-13-21)35-27(28,29)30)31(25(32)26(33)34-2)17-7-6-10-20-8-4-3-5-9-20/h3-5,8-9,11-16,18H,6-7,10,17H2,1-2H3. The molecular weight excluding hydrogens is 459 g/mol. The van der Waals surface area contributed by atoms with Crippen LogP contribution < -0.4 is 9.64 Å². The minimum Gasteiger partial charge on any atom is -0.462 e. The van der Waals surface area contributed by atoms with Crippen LogP contribution >= 0.6 is 0 Å². The van der Waals surface area contributed by atoms with Gasteiger partial charge >= 0.3 is 18.2 Å². The Morgan fingerprint density at radius 1 is 0.914 bits per heavy atom. The maximum Gasteiger partial charge on any atom is 0.573 e. The van der Waals surface area contributed by atoms with E-state index in [1.165, 1.54) is 34.7 Å². The quantitative estimate of drug-likeness (QED) is 0.220. The molecule has 0 heterocycles. The molecule has 3 rings (SSSR count). The number of carbonyl (C=O) groups is 2. The maximum atomic E-state index is 12.8. The summed E-state index contributed by atoms with van der Waals surface area (Å²) in [5.74, 6) is -2.07. The first-order valence-corrected chi connectivity index (χ1v) is 11.1. The van der Waals surface area contributed by atoms with Crippen molar-refractivity contribution in [3.8, 4) is 16.9 Å². The summed E-state index contributed by atoms with van der Waals surface area (Å²) in [6, 6.07) is 20.7. The van der Waals surface area contributed by atoms with Gasteiger partial charge in [0, 0.05) is 12.2 Å². The van der Waals surface area contributed by atoms with Crippen molar-refractivity contribution in [3.63, 3.8) is 0 Å². The molecule has 5 nitrogen and oxygen atoms in total. The highest BCUT2D eigenvalue weighted by atomic mass is 19.4. The molecule has 0 aliphatic rings. The van der Waals surface area contributed by atoms with Crippen LogP contribution in [0.1, 0.15) is 24.0 Å². The molecule has 8 heteroatoms. The number of anilines is 1. The molecule has 0 saturated carbocycles. The number of benzene rings is 3. The van der Waals surface area contributed by atoms with Crippen LogP contribution in [0.3, 0.4) is 0 Å². The number of hydrogen-bond acceptors (Lipinski definition) is 4. The molecule has 0 unspecified atom stereocenters. The normalized spacial score (nSPS) is 11.1. The fourth-order valence-corrected chi connectivity index (χ4v) is 3.71. The molecule has 0 aliphatic carbocycles. The Morgan fingerprint density at radius 2 is 1.60 bits per heavy atom. The molecule has 1 amide bonds. The van der Waals surface area contributed by atoms with E-state index >= 15 is 0 Å². The third kappa shape index (κ3) is 7.34. The molecule has 0 N–H and O–H groups in total. The summed E-state index contributed by atoms with van der Waals surface area (Å²) in [7, 11) is 1.15. The van der Waals surface area contributed by atoms with Gasteiger partial charge in [0.1, 0.15) is 5.75 Å². The van der Waals surface area contributed by atoms with E-state index in [1.807, 2.05) is 37.3 Å². The SMILES string of the molecule is COC(=O)C(=O)N(CCCCc1ccccc1)c1ccc(C)c(-c2ccc(OC(F)(F)F)cc2)c1. The summed E-state index contributed by atoms with van der Waals surface area (Å²) in [6.07, 6.45) is -2.46. The number of hydrogen-bond donors (Lipinski definition) is 0. The predicted molar refractivity (Wildman–Crippen MR) is 127 cm³/mol. The van der Waals surface area contributed by atoms with E-state index in [9.17, 15) is 22.8 Å². The number of unbranched alkanes of at least 4 members (excludes halogenated alkanes) is 1. The van der Waals surface area contributed by atoms with Crippen molar-refractivity contribution >= 4 is 17.6 Å². The highest BCUT2D eigenvalue weighted by molar-refractivity contribution is 6.38. The lowest BCUT2D eigenvalue weighted by molar-refractivity contribution is -0.274. The summed E-state index contributed by atoms with van der Waals surface area (Å²) >= 11 is 0. The molecule has 184 valence electrons. The number of carbonyl (C=O) groups excluding carboxylic acids is 2. The molecule has 0 saturated heterocycles. The largest absolute Gasteiger partial charge is 0.573 e. The molecule has 0 aliphatic heterocycles. The molecule has 0 atom stereocenters. The van der Waals surface area contributed by atoms with Crippen molar-refractivity contribution in [2.45, 2.75) is 32.5 Å². The van der Waals surface area contributed by atoms with E-state index in [1.54, 1.807) is 18.2 Å². The van der Waals surface area contributed by atoms with Gasteiger partial charge in [-0.1, -0.05) is 48.5 Å². The van der Waals surface area contributed by atoms with E-state index in [-0.39, 0.29) is 5.75 Å². The van der Waals surface area contributed by atoms with Gasteiger partial charge < -0.3 is 14.4 Å². The number of amides is 1. The van der Waals surface area contributed by atoms with Gasteiger partial charge in [-0.3, -0.25) is 4.79 Å². The third-order valence-electron chi connectivity index (χ3n) is 5.48. The van der Waals surface area contributed by atoms with Gasteiger partial charge in [0.15, 0.2) is 0 Å². The van der Waals surface area contributed by atoms with Gasteiger partial charge in [0.05, 0.1) is 7.11 Å². The first-order valence-electron chi connectivity index (χ1n) is 11.1. The third-order valence-corrected chi connectivity index (χ3v) is 5.48. The smallest absolute Gasteiger partial charge is 0.462 e. The van der Waals surface area contributed by atoms with Crippen LogP contribution in [0.2, 0.25) is 0 Å². The predicted octanol–water partition coefficient (Wildman–Crippen LogP) is 6.09. The first kappa shape index (κ1) is 25.8. The number of ether oxygens (including phenoxy) is 2. The van der Waals surface area contributed by atoms with Crippen molar-refractivity contribution in [2.24, 2.45) is 0 Å². The second kappa shape index (κ2) is 11.6. The fourth-order valence-electron chi connectivity index (χ4n) is 3.71. The average molecular weight is 486 g/mol. The topological polar surface area (TPSA) is 55.8 Å². The summed E-state index contributed by atoms with van der Waals surface area (Å²) in [5.41, 5.74) is 3.90. The summed E-state index contributed by atoms with van der Waals surface area (Å²) in [4.78, 5) is 26.2. The van der Waals surface area contributed by atoms with Crippen LogP contribution in [0.5, 0.6) is 5.75 Å². The van der Waals surface area contributed by atoms with Gasteiger partial charge in [0.2, 0.25) is 0 Å². The van der Waals surface area contributed by atoms with E-state index in [0.29, 0.717) is 29.8 Å². The van der Waals surface area contributed by atoms with Crippen molar-refractivity contribution in [2.75, 3.05) is 18.6 Å². The zero-order chi connectivity index (χ0) is 25.4. The van der Waals surface area contributed by atoms with Gasteiger partial charge in [-0.15, -0.1) is 13.2 Å². The summed E-state index contributed by atoms with van der Waals surface area (Å²) in [5, 5.41) is 0. The van der Waals surface area contributed by atoms with E-state index in [4.69, 9.17) is 0 Å². The van der Waals surface area contributed by atoms with E-state index < -0.39 is 18.2 Å². The first-order chi connectivity index (χ1) is 16.7. The van der Waals surface area contributed by atoms with Crippen molar-refractivity contribution in [1.29, 1.82) is 0 Å². The van der Waals surface area contributed by atoms with Crippen LogP contribution in [0.4, 0.5) is 18.9 Å². The molecule has 0 aromatic heterocycles. The molecule has 0 bridgehead atoms. The number of alkyl halides is 3. The average Bonchev–Trinajstić information content (AvgIpc) is 2.84. The lowest BCUT2D eigenvalue weighted by atomic mass is 9.99. The monoisotopic (exact) mass is 485 g/mol. The van der Waals surface area contributed by atoms with E-state index in [0.717, 1.165) is 25.5 Å². The Labute approximate surface area is 202 Å². The molecular formula is C27H26F3NO4. The van der Waals surface area contributed by atoms with Crippen molar-refractivity contribution < 1.29 is 32.2 Å². The van der Waals surface area contributed by atoms with Crippen LogP contribution in [0.25, 0.3) is 11.1 Å². The highest BCUT2D eigenvalue weighted by Gasteiger charge is 2.31. The highest BCUT2D eigenvalue weighted by Crippen LogP contribution is 2.31. The van der Waals surface area contributed by atoms with Crippen molar-refractivity contribution in [1.82, 2.24) is 0 Å². The fraction of sp³-hybridized carbons (Fsp3) is 0.259. The minimum atomic E-state index is -4.77. The Morgan fingerprint density at radius 3 is 2.23 bits per heavy atom. The molecule has 3 aromatic carbocycles. The molecule has 35 heavy (non-hydrogen) atoms. The Hall–Kier alpha value is -3.81. The second-order valence-electron chi connectivity index (χ2n) is 7.96. The second-order valence-corrected chi connectivity index (χ2v) is 7.96. The van der Waals surface area contributed by atoms with Crippen molar-refractivity contribution in [3.05, 3.63) is 83.9 Å². The lowest BCUT2D eigenvalue weighted by Gasteiger charge is -2.23. The summed E-state index contributed by atoms with van der Waals surface area (Å²) < 4.78 is 46.0. The summed E-state index contributed by atoms with van der Waals surface area (Å²) in [6.45, 7) is 2.16. The lowest BCUT2D eigenvalue weighted by Crippen LogP contribution is -2.38. The molecule has 0 radical (unpaired) electrons. The van der Waals surface area contributed by atoms with E-state index in [2.05, 4.69) is 9.47 Å².